The smallest absolute Gasteiger partial charge is 0.295 e. The Bertz CT molecular complexity index is 1370. The molecule has 0 aliphatic carbocycles. The van der Waals surface area contributed by atoms with Crippen LogP contribution in [0.4, 0.5) is 0 Å². The topological polar surface area (TPSA) is 76.1 Å². The molecule has 198 valence electrons. The molecule has 4 rings (SSSR count). The number of carbonyl (C=O) groups excluding carboxylic acids is 2. The van der Waals surface area contributed by atoms with Crippen molar-refractivity contribution in [3.63, 3.8) is 0 Å². The number of hydrogen-bond acceptors (Lipinski definition) is 5. The molecule has 1 unspecified atom stereocenters. The molecule has 3 aromatic carbocycles. The number of methoxy groups -OCH3 is 1. The highest BCUT2D eigenvalue weighted by Crippen LogP contribution is 2.41. The average Bonchev–Trinajstić information content (AvgIpc) is 3.14. The first-order valence-electron chi connectivity index (χ1n) is 12.5. The van der Waals surface area contributed by atoms with Gasteiger partial charge in [0.1, 0.15) is 17.3 Å². The van der Waals surface area contributed by atoms with E-state index in [9.17, 15) is 14.7 Å². The second-order valence-corrected chi connectivity index (χ2v) is 10.6. The maximum atomic E-state index is 13.4. The van der Waals surface area contributed by atoms with Gasteiger partial charge in [0.2, 0.25) is 0 Å². The summed E-state index contributed by atoms with van der Waals surface area (Å²) in [6, 6.07) is 19.2. The van der Waals surface area contributed by atoms with Crippen LogP contribution in [-0.2, 0) is 21.5 Å². The zero-order valence-electron chi connectivity index (χ0n) is 22.2. The lowest BCUT2D eigenvalue weighted by atomic mass is 9.85. The van der Waals surface area contributed by atoms with E-state index in [0.29, 0.717) is 22.9 Å². The second kappa shape index (κ2) is 10.9. The molecule has 1 N–H and O–H groups in total. The van der Waals surface area contributed by atoms with Gasteiger partial charge in [-0.25, -0.2) is 0 Å². The highest BCUT2D eigenvalue weighted by Gasteiger charge is 2.46. The van der Waals surface area contributed by atoms with Crippen molar-refractivity contribution >= 4 is 29.1 Å². The van der Waals surface area contributed by atoms with Crippen LogP contribution in [0.2, 0.25) is 5.02 Å². The van der Waals surface area contributed by atoms with Gasteiger partial charge in [-0.05, 0) is 59.4 Å². The first-order valence-corrected chi connectivity index (χ1v) is 12.9. The number of likely N-dealkylation sites (tertiary alicyclic amines) is 1. The molecule has 0 bridgehead atoms. The number of rotatable bonds is 7. The van der Waals surface area contributed by atoms with Crippen molar-refractivity contribution < 1.29 is 24.2 Å². The van der Waals surface area contributed by atoms with E-state index in [1.54, 1.807) is 18.2 Å². The summed E-state index contributed by atoms with van der Waals surface area (Å²) in [4.78, 5) is 28.3. The molecule has 0 aromatic heterocycles. The maximum absolute atomic E-state index is 13.4. The summed E-state index contributed by atoms with van der Waals surface area (Å²) in [5.74, 6) is -0.620. The highest BCUT2D eigenvalue weighted by atomic mass is 35.5. The Morgan fingerprint density at radius 2 is 1.66 bits per heavy atom. The Morgan fingerprint density at radius 1 is 1.00 bits per heavy atom. The Morgan fingerprint density at radius 3 is 2.24 bits per heavy atom. The first kappa shape index (κ1) is 27.3. The fourth-order valence-corrected chi connectivity index (χ4v) is 4.77. The lowest BCUT2D eigenvalue weighted by Gasteiger charge is -2.27. The Hall–Kier alpha value is -3.77. The number of benzene rings is 3. The number of Topliss-reactive ketones (excluding diaryl/α,β-unsaturated/α-hetero) is 1. The minimum Gasteiger partial charge on any atom is -0.507 e. The summed E-state index contributed by atoms with van der Waals surface area (Å²) < 4.78 is 10.8. The van der Waals surface area contributed by atoms with Gasteiger partial charge in [-0.1, -0.05) is 68.8 Å². The lowest BCUT2D eigenvalue weighted by Crippen LogP contribution is -2.29. The Balaban J connectivity index is 1.83. The van der Waals surface area contributed by atoms with E-state index in [0.717, 1.165) is 22.4 Å². The van der Waals surface area contributed by atoms with Crippen LogP contribution >= 0.6 is 11.6 Å². The summed E-state index contributed by atoms with van der Waals surface area (Å²) in [6.07, 6.45) is 0. The second-order valence-electron chi connectivity index (χ2n) is 10.2. The molecule has 1 fully saturated rings. The average molecular weight is 534 g/mol. The van der Waals surface area contributed by atoms with E-state index >= 15 is 0 Å². The minimum atomic E-state index is -0.780. The molecular weight excluding hydrogens is 502 g/mol. The van der Waals surface area contributed by atoms with Crippen molar-refractivity contribution in [2.45, 2.75) is 45.7 Å². The third kappa shape index (κ3) is 5.41. The fourth-order valence-electron chi connectivity index (χ4n) is 4.57. The summed E-state index contributed by atoms with van der Waals surface area (Å²) >= 11 is 6.17. The van der Waals surface area contributed by atoms with Crippen LogP contribution in [0.25, 0.3) is 5.76 Å². The molecular formula is C31H32ClNO5. The Labute approximate surface area is 228 Å². The minimum absolute atomic E-state index is 0.0221. The third-order valence-corrected chi connectivity index (χ3v) is 6.96. The zero-order valence-corrected chi connectivity index (χ0v) is 23.0. The number of ketones is 1. The molecule has 6 nitrogen and oxygen atoms in total. The summed E-state index contributed by atoms with van der Waals surface area (Å²) in [7, 11) is 1.47. The van der Waals surface area contributed by atoms with Gasteiger partial charge >= 0.3 is 0 Å². The number of halogens is 1. The molecule has 1 aliphatic rings. The predicted molar refractivity (Wildman–Crippen MR) is 149 cm³/mol. The molecule has 0 spiro atoms. The molecule has 1 aliphatic heterocycles. The van der Waals surface area contributed by atoms with Crippen LogP contribution in [0.1, 0.15) is 56.0 Å². The molecule has 7 heteroatoms. The molecule has 1 atom stereocenters. The van der Waals surface area contributed by atoms with Crippen molar-refractivity contribution in [2.24, 2.45) is 0 Å². The van der Waals surface area contributed by atoms with Crippen LogP contribution in [0.3, 0.4) is 0 Å². The van der Waals surface area contributed by atoms with E-state index in [2.05, 4.69) is 20.8 Å². The maximum Gasteiger partial charge on any atom is 0.295 e. The van der Waals surface area contributed by atoms with Crippen LogP contribution in [0.15, 0.2) is 72.3 Å². The molecule has 38 heavy (non-hydrogen) atoms. The van der Waals surface area contributed by atoms with E-state index in [1.165, 1.54) is 12.0 Å². The van der Waals surface area contributed by atoms with Gasteiger partial charge in [-0.2, -0.15) is 0 Å². The number of carbonyl (C=O) groups is 2. The van der Waals surface area contributed by atoms with Crippen LogP contribution < -0.4 is 9.47 Å². The largest absolute Gasteiger partial charge is 0.507 e. The van der Waals surface area contributed by atoms with Gasteiger partial charge in [0.05, 0.1) is 30.4 Å². The van der Waals surface area contributed by atoms with Crippen LogP contribution in [-0.4, -0.2) is 35.4 Å². The lowest BCUT2D eigenvalue weighted by molar-refractivity contribution is -0.140. The van der Waals surface area contributed by atoms with E-state index in [-0.39, 0.29) is 23.3 Å². The van der Waals surface area contributed by atoms with Crippen molar-refractivity contribution in [3.8, 4) is 11.5 Å². The molecule has 0 saturated carbocycles. The van der Waals surface area contributed by atoms with Crippen LogP contribution in [0.5, 0.6) is 11.5 Å². The normalized spacial score (nSPS) is 17.1. The molecule has 1 heterocycles. The number of nitrogens with zero attached hydrogens (tertiary/aromatic N) is 1. The number of aliphatic hydroxyl groups is 1. The molecule has 1 saturated heterocycles. The molecule has 1 amide bonds. The zero-order chi connectivity index (χ0) is 27.6. The SMILES string of the molecule is CCOc1ccc(CN2C(=O)C(=O)/C(=C(\O)c3ccc(Cl)c(OC)c3)C2c2ccc(C(C)(C)C)cc2)cc1. The van der Waals surface area contributed by atoms with Crippen LogP contribution in [0, 0.1) is 0 Å². The Kier molecular flexibility index (Phi) is 7.83. The van der Waals surface area contributed by atoms with Gasteiger partial charge in [-0.15, -0.1) is 0 Å². The van der Waals surface area contributed by atoms with Gasteiger partial charge < -0.3 is 19.5 Å². The van der Waals surface area contributed by atoms with Gasteiger partial charge in [0.15, 0.2) is 0 Å². The molecule has 0 radical (unpaired) electrons. The monoisotopic (exact) mass is 533 g/mol. The van der Waals surface area contributed by atoms with E-state index < -0.39 is 17.7 Å². The van der Waals surface area contributed by atoms with Gasteiger partial charge in [0, 0.05) is 12.1 Å². The summed E-state index contributed by atoms with van der Waals surface area (Å²) in [5, 5.41) is 11.7. The van der Waals surface area contributed by atoms with Crippen molar-refractivity contribution in [1.82, 2.24) is 4.90 Å². The fraction of sp³-hybridized carbons (Fsp3) is 0.290. The number of hydrogen-bond donors (Lipinski definition) is 1. The highest BCUT2D eigenvalue weighted by molar-refractivity contribution is 6.46. The predicted octanol–water partition coefficient (Wildman–Crippen LogP) is 6.67. The van der Waals surface area contributed by atoms with E-state index in [1.807, 2.05) is 55.5 Å². The van der Waals surface area contributed by atoms with Gasteiger partial charge in [0.25, 0.3) is 11.7 Å². The summed E-state index contributed by atoms with van der Waals surface area (Å²) in [6.45, 7) is 9.00. The quantitative estimate of drug-likeness (QED) is 0.208. The van der Waals surface area contributed by atoms with Gasteiger partial charge in [-0.3, -0.25) is 9.59 Å². The first-order chi connectivity index (χ1) is 18.0. The number of aliphatic hydroxyl groups excluding tert-OH is 1. The van der Waals surface area contributed by atoms with Crippen molar-refractivity contribution in [1.29, 1.82) is 0 Å². The summed E-state index contributed by atoms with van der Waals surface area (Å²) in [5.41, 5.74) is 2.97. The molecule has 3 aromatic rings. The number of amides is 1. The van der Waals surface area contributed by atoms with Crippen molar-refractivity contribution in [2.75, 3.05) is 13.7 Å². The van der Waals surface area contributed by atoms with E-state index in [4.69, 9.17) is 21.1 Å². The van der Waals surface area contributed by atoms with Crippen molar-refractivity contribution in [3.05, 3.63) is 99.6 Å². The number of ether oxygens (including phenoxy) is 2. The third-order valence-electron chi connectivity index (χ3n) is 6.64. The standard InChI is InChI=1S/C31H32ClNO5/c1-6-38-23-14-7-19(8-15-23)18-33-27(20-9-12-22(13-10-20)31(2,3)4)26(29(35)30(33)36)28(34)21-11-16-24(32)25(17-21)37-5/h7-17,27,34H,6,18H2,1-5H3/b28-26-.